The van der Waals surface area contributed by atoms with Gasteiger partial charge in [-0.3, -0.25) is 9.59 Å². The van der Waals surface area contributed by atoms with E-state index < -0.39 is 44.4 Å². The Labute approximate surface area is 198 Å². The highest BCUT2D eigenvalue weighted by Crippen LogP contribution is 2.52. The number of rotatable bonds is 9. The molecule has 10 heteroatoms. The van der Waals surface area contributed by atoms with Crippen molar-refractivity contribution < 1.29 is 41.9 Å². The van der Waals surface area contributed by atoms with Crippen molar-refractivity contribution >= 4 is 19.8 Å². The first-order chi connectivity index (χ1) is 16.2. The second kappa shape index (κ2) is 11.5. The highest BCUT2D eigenvalue weighted by molar-refractivity contribution is 7.49. The Balaban J connectivity index is 1.96. The molecule has 1 heterocycles. The van der Waals surface area contributed by atoms with Crippen molar-refractivity contribution in [2.45, 2.75) is 58.7 Å². The maximum Gasteiger partial charge on any atom is 0.590 e. The molecule has 1 aliphatic rings. The van der Waals surface area contributed by atoms with Crippen LogP contribution in [0.4, 0.5) is 0 Å². The average Bonchev–Trinajstić information content (AvgIpc) is 2.78. The van der Waals surface area contributed by atoms with E-state index in [1.54, 1.807) is 60.7 Å². The lowest BCUT2D eigenvalue weighted by Crippen LogP contribution is -2.57. The fraction of sp³-hybridized carbons (Fsp3) is 0.417. The number of ether oxygens (including phenoxy) is 3. The van der Waals surface area contributed by atoms with Gasteiger partial charge in [-0.2, -0.15) is 0 Å². The zero-order valence-corrected chi connectivity index (χ0v) is 20.4. The first kappa shape index (κ1) is 25.7. The van der Waals surface area contributed by atoms with Gasteiger partial charge in [0.1, 0.15) is 17.6 Å². The fourth-order valence-corrected chi connectivity index (χ4v) is 4.99. The molecule has 2 aromatic carbocycles. The highest BCUT2D eigenvalue weighted by atomic mass is 31.2. The molecule has 0 spiro atoms. The van der Waals surface area contributed by atoms with Crippen LogP contribution in [0, 0.1) is 5.92 Å². The predicted molar refractivity (Wildman–Crippen MR) is 122 cm³/mol. The minimum absolute atomic E-state index is 0.235. The molecule has 0 aromatic heterocycles. The summed E-state index contributed by atoms with van der Waals surface area (Å²) in [6.07, 6.45) is -3.40. The van der Waals surface area contributed by atoms with Gasteiger partial charge in [0.2, 0.25) is 6.29 Å². The molecule has 1 unspecified atom stereocenters. The van der Waals surface area contributed by atoms with Gasteiger partial charge >= 0.3 is 19.8 Å². The largest absolute Gasteiger partial charge is 0.590 e. The summed E-state index contributed by atoms with van der Waals surface area (Å²) in [7, 11) is -4.39. The first-order valence-electron chi connectivity index (χ1n) is 11.0. The molecule has 184 valence electrons. The Hall–Kier alpha value is -2.87. The smallest absolute Gasteiger partial charge is 0.458 e. The lowest BCUT2D eigenvalue weighted by atomic mass is 9.89. The molecule has 1 fully saturated rings. The number of para-hydroxylation sites is 2. The standard InChI is InChI=1S/C24H29O9P/c1-5-21-16(2)22(28-17(3)25)23(29-18(4)26)24(30-21)33-34(27,31-19-12-8-6-9-13-19)32-20-14-10-7-11-15-20/h6-16,21-24H,5H2,1-4H3/t16-,21-,22+,23?,24-/m1/s1. The first-order valence-corrected chi connectivity index (χ1v) is 12.4. The Bertz CT molecular complexity index is 953. The summed E-state index contributed by atoms with van der Waals surface area (Å²) in [6.45, 7) is 6.16. The molecule has 34 heavy (non-hydrogen) atoms. The van der Waals surface area contributed by atoms with Crippen LogP contribution in [0.15, 0.2) is 60.7 Å². The summed E-state index contributed by atoms with van der Waals surface area (Å²) in [6, 6.07) is 16.7. The summed E-state index contributed by atoms with van der Waals surface area (Å²) < 4.78 is 47.9. The van der Waals surface area contributed by atoms with E-state index in [1.165, 1.54) is 13.8 Å². The van der Waals surface area contributed by atoms with Crippen LogP contribution >= 0.6 is 7.82 Å². The minimum atomic E-state index is -4.39. The minimum Gasteiger partial charge on any atom is -0.458 e. The van der Waals surface area contributed by atoms with Crippen molar-refractivity contribution in [2.24, 2.45) is 5.92 Å². The third-order valence-corrected chi connectivity index (χ3v) is 6.50. The Morgan fingerprint density at radius 2 is 1.32 bits per heavy atom. The number of benzene rings is 2. The molecule has 0 saturated carbocycles. The summed E-state index contributed by atoms with van der Waals surface area (Å²) in [5, 5.41) is 0. The molecular weight excluding hydrogens is 463 g/mol. The van der Waals surface area contributed by atoms with E-state index in [0.29, 0.717) is 6.42 Å². The lowest BCUT2D eigenvalue weighted by Gasteiger charge is -2.44. The van der Waals surface area contributed by atoms with E-state index in [9.17, 15) is 14.2 Å². The molecule has 5 atom stereocenters. The monoisotopic (exact) mass is 492 g/mol. The molecule has 0 bridgehead atoms. The number of carbonyl (C=O) groups is 2. The zero-order valence-electron chi connectivity index (χ0n) is 19.5. The second-order valence-electron chi connectivity index (χ2n) is 7.82. The van der Waals surface area contributed by atoms with Crippen LogP contribution in [0.1, 0.15) is 34.1 Å². The van der Waals surface area contributed by atoms with E-state index in [1.807, 2.05) is 13.8 Å². The van der Waals surface area contributed by atoms with Crippen molar-refractivity contribution in [2.75, 3.05) is 0 Å². The van der Waals surface area contributed by atoms with E-state index >= 15 is 0 Å². The van der Waals surface area contributed by atoms with Crippen molar-refractivity contribution in [1.29, 1.82) is 0 Å². The van der Waals surface area contributed by atoms with Crippen LogP contribution in [-0.2, 0) is 32.9 Å². The summed E-state index contributed by atoms with van der Waals surface area (Å²) in [5.41, 5.74) is 0. The van der Waals surface area contributed by atoms with Crippen molar-refractivity contribution in [3.05, 3.63) is 60.7 Å². The van der Waals surface area contributed by atoms with E-state index in [-0.39, 0.29) is 17.4 Å². The van der Waals surface area contributed by atoms with Crippen molar-refractivity contribution in [1.82, 2.24) is 0 Å². The van der Waals surface area contributed by atoms with Crippen LogP contribution in [-0.4, -0.2) is 36.5 Å². The van der Waals surface area contributed by atoms with Gasteiger partial charge in [0, 0.05) is 19.8 Å². The van der Waals surface area contributed by atoms with E-state index in [0.717, 1.165) is 0 Å². The van der Waals surface area contributed by atoms with Crippen LogP contribution in [0.2, 0.25) is 0 Å². The molecule has 9 nitrogen and oxygen atoms in total. The number of phosphoric ester groups is 1. The lowest BCUT2D eigenvalue weighted by molar-refractivity contribution is -0.269. The van der Waals surface area contributed by atoms with Gasteiger partial charge in [0.25, 0.3) is 0 Å². The number of carbonyl (C=O) groups excluding carboxylic acids is 2. The molecule has 2 aromatic rings. The van der Waals surface area contributed by atoms with E-state index in [4.69, 9.17) is 27.8 Å². The van der Waals surface area contributed by atoms with Gasteiger partial charge in [-0.25, -0.2) is 9.09 Å². The number of esters is 2. The fourth-order valence-electron chi connectivity index (χ4n) is 3.68. The van der Waals surface area contributed by atoms with Gasteiger partial charge in [-0.15, -0.1) is 0 Å². The maximum atomic E-state index is 13.9. The number of hydrogen-bond donors (Lipinski definition) is 0. The van der Waals surface area contributed by atoms with Gasteiger partial charge < -0.3 is 23.3 Å². The predicted octanol–water partition coefficient (Wildman–Crippen LogP) is 4.90. The van der Waals surface area contributed by atoms with Gasteiger partial charge in [-0.05, 0) is 30.7 Å². The summed E-state index contributed by atoms with van der Waals surface area (Å²) in [5.74, 6) is -1.07. The van der Waals surface area contributed by atoms with Gasteiger partial charge in [-0.1, -0.05) is 50.2 Å². The summed E-state index contributed by atoms with van der Waals surface area (Å²) in [4.78, 5) is 23.7. The van der Waals surface area contributed by atoms with Gasteiger partial charge in [0.15, 0.2) is 6.10 Å². The van der Waals surface area contributed by atoms with Crippen LogP contribution < -0.4 is 9.05 Å². The van der Waals surface area contributed by atoms with Crippen molar-refractivity contribution in [3.63, 3.8) is 0 Å². The zero-order chi connectivity index (χ0) is 24.7. The van der Waals surface area contributed by atoms with Crippen LogP contribution in [0.25, 0.3) is 0 Å². The molecule has 0 aliphatic carbocycles. The van der Waals surface area contributed by atoms with Crippen LogP contribution in [0.5, 0.6) is 11.5 Å². The normalized spacial score (nSPS) is 24.6. The third-order valence-electron chi connectivity index (χ3n) is 5.17. The Morgan fingerprint density at radius 3 is 1.76 bits per heavy atom. The molecule has 0 N–H and O–H groups in total. The third kappa shape index (κ3) is 6.82. The molecule has 0 amide bonds. The Morgan fingerprint density at radius 1 is 0.853 bits per heavy atom. The second-order valence-corrected chi connectivity index (χ2v) is 9.29. The molecule has 3 rings (SSSR count). The molecule has 1 saturated heterocycles. The number of phosphoric acid groups is 1. The molecule has 1 aliphatic heterocycles. The average molecular weight is 492 g/mol. The summed E-state index contributed by atoms with van der Waals surface area (Å²) >= 11 is 0. The molecular formula is C24H29O9P. The van der Waals surface area contributed by atoms with E-state index in [2.05, 4.69) is 0 Å². The quantitative estimate of drug-likeness (QED) is 0.357. The van der Waals surface area contributed by atoms with Gasteiger partial charge in [0.05, 0.1) is 6.10 Å². The topological polar surface area (TPSA) is 107 Å². The van der Waals surface area contributed by atoms with Crippen molar-refractivity contribution in [3.8, 4) is 11.5 Å². The SMILES string of the molecule is CC[C@H]1O[C@H](OP(=O)(Oc2ccccc2)Oc2ccccc2)C(OC(C)=O)[C@@H](OC(C)=O)[C@@H]1C. The maximum absolute atomic E-state index is 13.9. The Kier molecular flexibility index (Phi) is 8.72. The molecule has 0 radical (unpaired) electrons. The number of hydrogen-bond acceptors (Lipinski definition) is 9. The van der Waals surface area contributed by atoms with Crippen LogP contribution in [0.3, 0.4) is 0 Å². The highest BCUT2D eigenvalue weighted by Gasteiger charge is 2.51.